The Morgan fingerprint density at radius 1 is 1.18 bits per heavy atom. The molecule has 1 aliphatic heterocycles. The molecule has 3 rings (SSSR count). The lowest BCUT2D eigenvalue weighted by Gasteiger charge is -2.32. The summed E-state index contributed by atoms with van der Waals surface area (Å²) in [5.74, 6) is -7.21. The first kappa shape index (κ1) is 31.6. The average Bonchev–Trinajstić information content (AvgIpc) is 3.20. The van der Waals surface area contributed by atoms with Crippen molar-refractivity contribution in [3.8, 4) is 5.75 Å². The predicted octanol–water partition coefficient (Wildman–Crippen LogP) is 3.51. The molecule has 9 nitrogen and oxygen atoms in total. The maximum absolute atomic E-state index is 14.9. The minimum Gasteiger partial charge on any atom is -0.488 e. The molecule has 2 aromatic rings. The van der Waals surface area contributed by atoms with E-state index < -0.39 is 65.7 Å². The van der Waals surface area contributed by atoms with E-state index in [1.54, 1.807) is 0 Å². The number of halogens is 5. The van der Waals surface area contributed by atoms with E-state index >= 15 is 0 Å². The lowest BCUT2D eigenvalue weighted by atomic mass is 9.77. The number of nitrogens with zero attached hydrogens (tertiary/aromatic N) is 1. The monoisotopic (exact) mass is 578 g/mol. The zero-order valence-corrected chi connectivity index (χ0v) is 22.0. The van der Waals surface area contributed by atoms with Gasteiger partial charge in [-0.25, -0.2) is 4.39 Å². The number of carbonyl (C=O) groups is 1. The van der Waals surface area contributed by atoms with E-state index in [9.17, 15) is 31.9 Å². The number of ether oxygens (including phenoxy) is 4. The minimum atomic E-state index is -4.92. The molecule has 1 aromatic heterocycles. The second kappa shape index (κ2) is 13.2. The minimum absolute atomic E-state index is 0.0480. The lowest BCUT2D eigenvalue weighted by molar-refractivity contribution is -0.272. The maximum atomic E-state index is 14.9. The Hall–Kier alpha value is -2.91. The van der Waals surface area contributed by atoms with Gasteiger partial charge in [0.25, 0.3) is 5.91 Å². The van der Waals surface area contributed by atoms with Crippen LogP contribution in [-0.2, 0) is 19.0 Å². The van der Waals surface area contributed by atoms with E-state index in [0.29, 0.717) is 0 Å². The molecule has 0 bridgehead atoms. The molecule has 0 spiro atoms. The first-order valence-electron chi connectivity index (χ1n) is 12.3. The molecule has 5 atom stereocenters. The van der Waals surface area contributed by atoms with Crippen molar-refractivity contribution in [2.45, 2.75) is 43.8 Å². The molecule has 1 saturated heterocycles. The van der Waals surface area contributed by atoms with Crippen molar-refractivity contribution in [3.63, 3.8) is 0 Å². The van der Waals surface area contributed by atoms with Crippen molar-refractivity contribution in [2.75, 3.05) is 45.5 Å². The fourth-order valence-corrected chi connectivity index (χ4v) is 4.41. The molecular weight excluding hydrogens is 547 g/mol. The molecular formula is C26H31F5N2O7. The van der Waals surface area contributed by atoms with Gasteiger partial charge in [-0.05, 0) is 25.1 Å². The topological polar surface area (TPSA) is 119 Å². The number of aliphatic hydroxyl groups is 2. The zero-order chi connectivity index (χ0) is 29.7. The van der Waals surface area contributed by atoms with Gasteiger partial charge in [-0.2, -0.15) is 17.6 Å². The summed E-state index contributed by atoms with van der Waals surface area (Å²) in [6, 6.07) is 4.44. The van der Waals surface area contributed by atoms with E-state index in [1.807, 2.05) is 0 Å². The van der Waals surface area contributed by atoms with Crippen LogP contribution in [0.25, 0.3) is 0 Å². The maximum Gasteiger partial charge on any atom is 0.417 e. The second-order valence-corrected chi connectivity index (χ2v) is 9.35. The first-order chi connectivity index (χ1) is 18.9. The van der Waals surface area contributed by atoms with Crippen molar-refractivity contribution >= 4 is 11.6 Å². The van der Waals surface area contributed by atoms with Crippen LogP contribution in [0.5, 0.6) is 5.75 Å². The third-order valence-electron chi connectivity index (χ3n) is 6.84. The smallest absolute Gasteiger partial charge is 0.417 e. The van der Waals surface area contributed by atoms with E-state index in [2.05, 4.69) is 10.3 Å². The Kier molecular flexibility index (Phi) is 10.4. The van der Waals surface area contributed by atoms with E-state index in [4.69, 9.17) is 24.1 Å². The third kappa shape index (κ3) is 6.69. The van der Waals surface area contributed by atoms with Crippen LogP contribution < -0.4 is 10.1 Å². The molecule has 1 aromatic carbocycles. The van der Waals surface area contributed by atoms with Gasteiger partial charge in [0.1, 0.15) is 18.8 Å². The summed E-state index contributed by atoms with van der Waals surface area (Å²) in [4.78, 5) is 17.2. The molecule has 14 heteroatoms. The third-order valence-corrected chi connectivity index (χ3v) is 6.84. The number of amides is 1. The number of aromatic nitrogens is 1. The second-order valence-electron chi connectivity index (χ2n) is 9.35. The highest BCUT2D eigenvalue weighted by atomic mass is 19.4. The molecule has 1 aliphatic rings. The van der Waals surface area contributed by atoms with Gasteiger partial charge in [-0.15, -0.1) is 0 Å². The van der Waals surface area contributed by atoms with Crippen LogP contribution >= 0.6 is 0 Å². The Labute approximate surface area is 227 Å². The number of rotatable bonds is 12. The van der Waals surface area contributed by atoms with Gasteiger partial charge < -0.3 is 34.5 Å². The van der Waals surface area contributed by atoms with Gasteiger partial charge in [-0.1, -0.05) is 13.0 Å². The van der Waals surface area contributed by atoms with E-state index in [-0.39, 0.29) is 43.4 Å². The van der Waals surface area contributed by atoms with Gasteiger partial charge in [0.2, 0.25) is 5.82 Å². The first-order valence-corrected chi connectivity index (χ1v) is 12.3. The van der Waals surface area contributed by atoms with E-state index in [0.717, 1.165) is 25.3 Å². The highest BCUT2D eigenvalue weighted by Crippen LogP contribution is 2.55. The lowest BCUT2D eigenvalue weighted by Crippen LogP contribution is -2.47. The summed E-state index contributed by atoms with van der Waals surface area (Å²) in [6.45, 7) is 1.57. The molecule has 0 unspecified atom stereocenters. The van der Waals surface area contributed by atoms with Crippen LogP contribution in [0.3, 0.4) is 0 Å². The van der Waals surface area contributed by atoms with Crippen molar-refractivity contribution in [2.24, 2.45) is 5.92 Å². The van der Waals surface area contributed by atoms with Crippen LogP contribution in [0.4, 0.5) is 27.6 Å². The number of methoxy groups -OCH3 is 1. The normalized spacial score (nSPS) is 23.7. The highest BCUT2D eigenvalue weighted by Gasteiger charge is 2.66. The summed E-state index contributed by atoms with van der Waals surface area (Å²) in [7, 11) is 1.47. The number of pyridine rings is 1. The molecule has 1 fully saturated rings. The molecule has 2 heterocycles. The fraction of sp³-hybridized carbons (Fsp3) is 0.538. The highest BCUT2D eigenvalue weighted by molar-refractivity contribution is 5.95. The quantitative estimate of drug-likeness (QED) is 0.259. The van der Waals surface area contributed by atoms with Crippen molar-refractivity contribution in [1.82, 2.24) is 4.98 Å². The van der Waals surface area contributed by atoms with Crippen molar-refractivity contribution in [1.29, 1.82) is 0 Å². The number of alkyl halides is 3. The standard InChI is InChI=1S/C26H31F5N2O7/c1-14-20(16-5-6-17(27)21(28)22(16)39-11-10-38-9-8-37-3)23(40-25(14,2)26(29,30)31)24(36)33-15-4-7-18(32-12-15)19(35)13-34/h4-7,12,14,19-20,23,34-35H,8-11,13H2,1-3H3,(H,33,36)/t14-,19+,20-,23+,25+/m0/s1. The van der Waals surface area contributed by atoms with Crippen LogP contribution in [-0.4, -0.2) is 79.1 Å². The summed E-state index contributed by atoms with van der Waals surface area (Å²) in [6.07, 6.45) is -6.84. The zero-order valence-electron chi connectivity index (χ0n) is 22.0. The van der Waals surface area contributed by atoms with Gasteiger partial charge in [0.05, 0.1) is 44.0 Å². The van der Waals surface area contributed by atoms with Crippen molar-refractivity contribution < 1.29 is 55.9 Å². The fourth-order valence-electron chi connectivity index (χ4n) is 4.41. The van der Waals surface area contributed by atoms with Gasteiger partial charge >= 0.3 is 6.18 Å². The molecule has 0 aliphatic carbocycles. The van der Waals surface area contributed by atoms with Gasteiger partial charge in [0, 0.05) is 24.5 Å². The Bertz CT molecular complexity index is 1150. The van der Waals surface area contributed by atoms with Crippen molar-refractivity contribution in [3.05, 3.63) is 53.4 Å². The SMILES string of the molecule is COCCOCCOc1c([C@H]2[C@H](C(=O)Nc3ccc([C@H](O)CO)nc3)O[C@@](C)(C(F)(F)F)[C@H]2C)ccc(F)c1F. The Balaban J connectivity index is 1.95. The average molecular weight is 579 g/mol. The molecule has 0 saturated carbocycles. The number of aliphatic hydroxyl groups excluding tert-OH is 2. The van der Waals surface area contributed by atoms with Gasteiger partial charge in [-0.3, -0.25) is 9.78 Å². The molecule has 1 amide bonds. The summed E-state index contributed by atoms with van der Waals surface area (Å²) in [5, 5.41) is 21.1. The predicted molar refractivity (Wildman–Crippen MR) is 131 cm³/mol. The largest absolute Gasteiger partial charge is 0.488 e. The number of anilines is 1. The summed E-state index contributed by atoms with van der Waals surface area (Å²) >= 11 is 0. The molecule has 222 valence electrons. The van der Waals surface area contributed by atoms with Crippen LogP contribution in [0.2, 0.25) is 0 Å². The number of hydrogen-bond acceptors (Lipinski definition) is 8. The summed E-state index contributed by atoms with van der Waals surface area (Å²) < 4.78 is 92.6. The number of hydrogen-bond donors (Lipinski definition) is 3. The molecule has 3 N–H and O–H groups in total. The van der Waals surface area contributed by atoms with Crippen LogP contribution in [0.15, 0.2) is 30.5 Å². The van der Waals surface area contributed by atoms with Crippen LogP contribution in [0.1, 0.15) is 37.1 Å². The number of carbonyl (C=O) groups excluding carboxylic acids is 1. The number of benzene rings is 1. The number of nitrogens with one attached hydrogen (secondary N) is 1. The van der Waals surface area contributed by atoms with Gasteiger partial charge in [0.15, 0.2) is 17.2 Å². The molecule has 0 radical (unpaired) electrons. The van der Waals surface area contributed by atoms with Crippen LogP contribution in [0, 0.1) is 17.6 Å². The van der Waals surface area contributed by atoms with E-state index in [1.165, 1.54) is 26.2 Å². The summed E-state index contributed by atoms with van der Waals surface area (Å²) in [5.41, 5.74) is -2.85. The molecule has 40 heavy (non-hydrogen) atoms. The Morgan fingerprint density at radius 3 is 2.48 bits per heavy atom. The Morgan fingerprint density at radius 2 is 1.88 bits per heavy atom.